The second-order valence-corrected chi connectivity index (χ2v) is 3.80. The summed E-state index contributed by atoms with van der Waals surface area (Å²) in [4.78, 5) is 12.6. The molecule has 0 aromatic heterocycles. The van der Waals surface area contributed by atoms with Crippen molar-refractivity contribution >= 4 is 27.9 Å². The molecule has 0 saturated heterocycles. The Morgan fingerprint density at radius 2 is 2.36 bits per heavy atom. The van der Waals surface area contributed by atoms with Gasteiger partial charge in [0.25, 0.3) is 0 Å². The zero-order valence-corrected chi connectivity index (χ0v) is 9.41. The van der Waals surface area contributed by atoms with E-state index in [9.17, 15) is 4.79 Å². The number of rotatable bonds is 3. The molecule has 0 amide bonds. The van der Waals surface area contributed by atoms with Crippen LogP contribution in [0.15, 0.2) is 22.7 Å². The fourth-order valence-electron chi connectivity index (χ4n) is 1.19. The van der Waals surface area contributed by atoms with Crippen molar-refractivity contribution in [2.75, 3.05) is 18.5 Å². The van der Waals surface area contributed by atoms with E-state index in [-0.39, 0.29) is 0 Å². The molecular formula is C11H10BrNO. The number of carbonyl (C=O) groups is 1. The van der Waals surface area contributed by atoms with Crippen LogP contribution in [0.2, 0.25) is 0 Å². The number of anilines is 1. The number of terminal acetylenes is 1. The highest BCUT2D eigenvalue weighted by atomic mass is 79.9. The van der Waals surface area contributed by atoms with Crippen LogP contribution in [0, 0.1) is 12.3 Å². The molecule has 1 aromatic rings. The Hall–Kier alpha value is -1.27. The van der Waals surface area contributed by atoms with Crippen LogP contribution in [0.3, 0.4) is 0 Å². The molecule has 0 saturated carbocycles. The first-order valence-corrected chi connectivity index (χ1v) is 4.87. The van der Waals surface area contributed by atoms with Gasteiger partial charge >= 0.3 is 0 Å². The van der Waals surface area contributed by atoms with Crippen molar-refractivity contribution in [2.45, 2.75) is 0 Å². The summed E-state index contributed by atoms with van der Waals surface area (Å²) < 4.78 is 0.887. The maximum absolute atomic E-state index is 10.8. The second-order valence-electron chi connectivity index (χ2n) is 2.88. The summed E-state index contributed by atoms with van der Waals surface area (Å²) in [6.07, 6.45) is 6.03. The highest BCUT2D eigenvalue weighted by Gasteiger charge is 2.05. The van der Waals surface area contributed by atoms with E-state index in [1.807, 2.05) is 24.1 Å². The molecule has 0 aliphatic rings. The van der Waals surface area contributed by atoms with Crippen LogP contribution in [0.4, 0.5) is 5.69 Å². The van der Waals surface area contributed by atoms with Crippen LogP contribution in [-0.4, -0.2) is 19.9 Å². The van der Waals surface area contributed by atoms with Crippen LogP contribution in [0.25, 0.3) is 0 Å². The minimum Gasteiger partial charge on any atom is -0.363 e. The molecule has 0 fully saturated rings. The van der Waals surface area contributed by atoms with Gasteiger partial charge in [0, 0.05) is 22.8 Å². The van der Waals surface area contributed by atoms with Gasteiger partial charge in [-0.05, 0) is 18.2 Å². The zero-order valence-electron chi connectivity index (χ0n) is 7.83. The van der Waals surface area contributed by atoms with Crippen molar-refractivity contribution in [3.05, 3.63) is 28.2 Å². The number of benzene rings is 1. The van der Waals surface area contributed by atoms with E-state index >= 15 is 0 Å². The molecule has 1 rings (SSSR count). The molecule has 0 atom stereocenters. The van der Waals surface area contributed by atoms with E-state index in [4.69, 9.17) is 6.42 Å². The number of nitrogens with zero attached hydrogens (tertiary/aromatic N) is 1. The summed E-state index contributed by atoms with van der Waals surface area (Å²) >= 11 is 3.31. The third kappa shape index (κ3) is 2.36. The van der Waals surface area contributed by atoms with Gasteiger partial charge in [-0.1, -0.05) is 21.9 Å². The normalized spacial score (nSPS) is 9.21. The molecule has 72 valence electrons. The van der Waals surface area contributed by atoms with Gasteiger partial charge in [0.15, 0.2) is 6.29 Å². The Balaban J connectivity index is 3.08. The molecule has 3 heteroatoms. The average Bonchev–Trinajstić information content (AvgIpc) is 2.17. The third-order valence-corrected chi connectivity index (χ3v) is 2.35. The van der Waals surface area contributed by atoms with Crippen LogP contribution in [-0.2, 0) is 0 Å². The van der Waals surface area contributed by atoms with Crippen LogP contribution in [0.1, 0.15) is 10.4 Å². The largest absolute Gasteiger partial charge is 0.363 e. The average molecular weight is 252 g/mol. The molecule has 0 aliphatic carbocycles. The summed E-state index contributed by atoms with van der Waals surface area (Å²) in [5, 5.41) is 0. The zero-order chi connectivity index (χ0) is 10.6. The lowest BCUT2D eigenvalue weighted by atomic mass is 10.2. The molecular weight excluding hydrogens is 242 g/mol. The standard InChI is InChI=1S/C11H10BrNO/c1-3-6-13(2)11-5-4-10(12)7-9(11)8-14/h1,4-5,7-8H,6H2,2H3. The van der Waals surface area contributed by atoms with E-state index in [1.165, 1.54) is 0 Å². The van der Waals surface area contributed by atoms with E-state index in [1.54, 1.807) is 6.07 Å². The smallest absolute Gasteiger partial charge is 0.152 e. The van der Waals surface area contributed by atoms with Gasteiger partial charge in [0.05, 0.1) is 6.54 Å². The quantitative estimate of drug-likeness (QED) is 0.607. The summed E-state index contributed by atoms with van der Waals surface area (Å²) in [6, 6.07) is 5.52. The predicted molar refractivity (Wildman–Crippen MR) is 61.6 cm³/mol. The van der Waals surface area contributed by atoms with Gasteiger partial charge in [0.1, 0.15) is 0 Å². The van der Waals surface area contributed by atoms with E-state index < -0.39 is 0 Å². The first kappa shape index (κ1) is 10.8. The molecule has 0 N–H and O–H groups in total. The van der Waals surface area contributed by atoms with E-state index in [2.05, 4.69) is 21.9 Å². The Morgan fingerprint density at radius 1 is 1.64 bits per heavy atom. The monoisotopic (exact) mass is 251 g/mol. The van der Waals surface area contributed by atoms with Gasteiger partial charge < -0.3 is 4.90 Å². The maximum atomic E-state index is 10.8. The number of halogens is 1. The highest BCUT2D eigenvalue weighted by Crippen LogP contribution is 2.22. The maximum Gasteiger partial charge on any atom is 0.152 e. The van der Waals surface area contributed by atoms with Crippen molar-refractivity contribution in [1.82, 2.24) is 0 Å². The summed E-state index contributed by atoms with van der Waals surface area (Å²) in [5.41, 5.74) is 1.48. The van der Waals surface area contributed by atoms with Crippen LogP contribution >= 0.6 is 15.9 Å². The molecule has 1 aromatic carbocycles. The fraction of sp³-hybridized carbons (Fsp3) is 0.182. The number of carbonyl (C=O) groups excluding carboxylic acids is 1. The second kappa shape index (κ2) is 4.83. The number of hydrogen-bond donors (Lipinski definition) is 0. The van der Waals surface area contributed by atoms with Gasteiger partial charge in [-0.15, -0.1) is 6.42 Å². The minimum absolute atomic E-state index is 0.489. The number of hydrogen-bond acceptors (Lipinski definition) is 2. The summed E-state index contributed by atoms with van der Waals surface area (Å²) in [5.74, 6) is 2.53. The summed E-state index contributed by atoms with van der Waals surface area (Å²) in [7, 11) is 1.86. The molecule has 0 aliphatic heterocycles. The SMILES string of the molecule is C#CCN(C)c1ccc(Br)cc1C=O. The first-order chi connectivity index (χ1) is 6.69. The van der Waals surface area contributed by atoms with E-state index in [0.717, 1.165) is 16.4 Å². The fourth-order valence-corrected chi connectivity index (χ4v) is 1.57. The lowest BCUT2D eigenvalue weighted by Gasteiger charge is -2.17. The van der Waals surface area contributed by atoms with Crippen LogP contribution < -0.4 is 4.90 Å². The first-order valence-electron chi connectivity index (χ1n) is 4.08. The third-order valence-electron chi connectivity index (χ3n) is 1.86. The number of aldehydes is 1. The Labute approximate surface area is 92.0 Å². The van der Waals surface area contributed by atoms with Gasteiger partial charge in [0.2, 0.25) is 0 Å². The van der Waals surface area contributed by atoms with Gasteiger partial charge in [-0.2, -0.15) is 0 Å². The Kier molecular flexibility index (Phi) is 3.73. The lowest BCUT2D eigenvalue weighted by Crippen LogP contribution is -2.18. The highest BCUT2D eigenvalue weighted by molar-refractivity contribution is 9.10. The Bertz CT molecular complexity index is 381. The van der Waals surface area contributed by atoms with Crippen molar-refractivity contribution in [3.63, 3.8) is 0 Å². The van der Waals surface area contributed by atoms with E-state index in [0.29, 0.717) is 12.1 Å². The van der Waals surface area contributed by atoms with Crippen molar-refractivity contribution in [1.29, 1.82) is 0 Å². The van der Waals surface area contributed by atoms with Crippen molar-refractivity contribution in [2.24, 2.45) is 0 Å². The van der Waals surface area contributed by atoms with Gasteiger partial charge in [-0.3, -0.25) is 4.79 Å². The molecule has 2 nitrogen and oxygen atoms in total. The van der Waals surface area contributed by atoms with Crippen molar-refractivity contribution < 1.29 is 4.79 Å². The predicted octanol–water partition coefficient (Wildman–Crippen LogP) is 2.33. The van der Waals surface area contributed by atoms with Crippen LogP contribution in [0.5, 0.6) is 0 Å². The molecule has 0 radical (unpaired) electrons. The molecule has 0 bridgehead atoms. The Morgan fingerprint density at radius 3 is 2.93 bits per heavy atom. The minimum atomic E-state index is 0.489. The lowest BCUT2D eigenvalue weighted by molar-refractivity contribution is 0.112. The summed E-state index contributed by atoms with van der Waals surface area (Å²) in [6.45, 7) is 0.489. The topological polar surface area (TPSA) is 20.3 Å². The molecule has 0 unspecified atom stereocenters. The van der Waals surface area contributed by atoms with Gasteiger partial charge in [-0.25, -0.2) is 0 Å². The molecule has 0 heterocycles. The molecule has 0 spiro atoms. The molecule has 14 heavy (non-hydrogen) atoms. The van der Waals surface area contributed by atoms with Crippen molar-refractivity contribution in [3.8, 4) is 12.3 Å².